The lowest BCUT2D eigenvalue weighted by Crippen LogP contribution is -3.10. The van der Waals surface area contributed by atoms with E-state index in [2.05, 4.69) is 51.2 Å². The van der Waals surface area contributed by atoms with Crippen molar-refractivity contribution in [2.45, 2.75) is 38.5 Å². The van der Waals surface area contributed by atoms with E-state index >= 15 is 0 Å². The molecule has 8 nitrogen and oxygen atoms in total. The second-order valence-corrected chi connectivity index (χ2v) is 9.22. The Morgan fingerprint density at radius 3 is 3.07 bits per heavy atom. The van der Waals surface area contributed by atoms with Crippen molar-refractivity contribution in [2.75, 3.05) is 25.0 Å². The lowest BCUT2D eigenvalue weighted by atomic mass is 10.0. The third kappa shape index (κ3) is 3.23. The van der Waals surface area contributed by atoms with Crippen LogP contribution >= 0.6 is 11.3 Å². The number of thiophene rings is 1. The van der Waals surface area contributed by atoms with Crippen molar-refractivity contribution in [3.63, 3.8) is 0 Å². The number of nitrogens with one attached hydrogen (secondary N) is 2. The van der Waals surface area contributed by atoms with Crippen LogP contribution in [0.1, 0.15) is 28.8 Å². The summed E-state index contributed by atoms with van der Waals surface area (Å²) in [4.78, 5) is 8.86. The Kier molecular flexibility index (Phi) is 4.59. The predicted octanol–water partition coefficient (Wildman–Crippen LogP) is 1.47. The SMILES string of the molecule is c1ccc(C[NH+]2CCc3c(sc4c3c(NC[C@H]3CCCO3)nc3nnnn34)C2)cc1. The fourth-order valence-corrected chi connectivity index (χ4v) is 6.00. The molecule has 2 N–H and O–H groups in total. The van der Waals surface area contributed by atoms with Crippen molar-refractivity contribution in [1.29, 1.82) is 0 Å². The Labute approximate surface area is 177 Å². The second-order valence-electron chi connectivity index (χ2n) is 8.14. The maximum Gasteiger partial charge on any atom is 0.276 e. The van der Waals surface area contributed by atoms with Crippen LogP contribution in [-0.4, -0.2) is 50.8 Å². The van der Waals surface area contributed by atoms with Crippen LogP contribution in [0.25, 0.3) is 16.0 Å². The molecule has 1 saturated heterocycles. The van der Waals surface area contributed by atoms with Crippen LogP contribution < -0.4 is 10.2 Å². The highest BCUT2D eigenvalue weighted by atomic mass is 32.1. The maximum absolute atomic E-state index is 5.79. The first-order valence-corrected chi connectivity index (χ1v) is 11.4. The highest BCUT2D eigenvalue weighted by Crippen LogP contribution is 2.36. The van der Waals surface area contributed by atoms with Gasteiger partial charge in [-0.1, -0.05) is 35.4 Å². The average Bonchev–Trinajstić information content (AvgIpc) is 3.51. The molecule has 154 valence electrons. The summed E-state index contributed by atoms with van der Waals surface area (Å²) in [5.41, 5.74) is 2.80. The van der Waals surface area contributed by atoms with E-state index in [4.69, 9.17) is 9.72 Å². The number of ether oxygens (including phenoxy) is 1. The van der Waals surface area contributed by atoms with Crippen LogP contribution in [0.3, 0.4) is 0 Å². The Bertz CT molecular complexity index is 1180. The second kappa shape index (κ2) is 7.57. The summed E-state index contributed by atoms with van der Waals surface area (Å²) in [5.74, 6) is 1.44. The molecular formula is C21H24N7OS+. The van der Waals surface area contributed by atoms with E-state index in [1.165, 1.54) is 21.4 Å². The molecule has 1 fully saturated rings. The minimum absolute atomic E-state index is 0.259. The smallest absolute Gasteiger partial charge is 0.276 e. The van der Waals surface area contributed by atoms with Crippen molar-refractivity contribution < 1.29 is 9.64 Å². The zero-order valence-electron chi connectivity index (χ0n) is 16.7. The van der Waals surface area contributed by atoms with E-state index in [0.29, 0.717) is 5.78 Å². The molecule has 5 heterocycles. The maximum atomic E-state index is 5.79. The average molecular weight is 423 g/mol. The van der Waals surface area contributed by atoms with E-state index in [-0.39, 0.29) is 6.10 Å². The van der Waals surface area contributed by atoms with Gasteiger partial charge in [-0.2, -0.15) is 9.50 Å². The van der Waals surface area contributed by atoms with Gasteiger partial charge >= 0.3 is 0 Å². The molecule has 1 aromatic carbocycles. The molecular weight excluding hydrogens is 398 g/mol. The number of aromatic nitrogens is 5. The number of nitrogens with zero attached hydrogens (tertiary/aromatic N) is 5. The third-order valence-electron chi connectivity index (χ3n) is 6.12. The molecule has 9 heteroatoms. The summed E-state index contributed by atoms with van der Waals surface area (Å²) in [6.45, 7) is 4.83. The topological polar surface area (TPSA) is 81.7 Å². The monoisotopic (exact) mass is 422 g/mol. The lowest BCUT2D eigenvalue weighted by molar-refractivity contribution is -0.929. The number of rotatable bonds is 5. The molecule has 2 atom stereocenters. The van der Waals surface area contributed by atoms with Crippen molar-refractivity contribution in [1.82, 2.24) is 25.0 Å². The number of anilines is 1. The molecule has 2 aliphatic heterocycles. The predicted molar refractivity (Wildman–Crippen MR) is 115 cm³/mol. The van der Waals surface area contributed by atoms with E-state index < -0.39 is 0 Å². The number of hydrogen-bond donors (Lipinski definition) is 2. The molecule has 0 aliphatic carbocycles. The van der Waals surface area contributed by atoms with Gasteiger partial charge in [0.25, 0.3) is 5.78 Å². The first-order chi connectivity index (χ1) is 14.8. The van der Waals surface area contributed by atoms with Crippen LogP contribution in [0.4, 0.5) is 5.82 Å². The molecule has 4 aromatic rings. The molecule has 1 unspecified atom stereocenters. The highest BCUT2D eigenvalue weighted by Gasteiger charge is 2.28. The summed E-state index contributed by atoms with van der Waals surface area (Å²) >= 11 is 1.81. The first-order valence-electron chi connectivity index (χ1n) is 10.6. The third-order valence-corrected chi connectivity index (χ3v) is 7.33. The highest BCUT2D eigenvalue weighted by molar-refractivity contribution is 7.19. The lowest BCUT2D eigenvalue weighted by Gasteiger charge is -2.24. The van der Waals surface area contributed by atoms with Crippen LogP contribution in [0.5, 0.6) is 0 Å². The Hall–Kier alpha value is -2.62. The Morgan fingerprint density at radius 1 is 1.27 bits per heavy atom. The molecule has 6 rings (SSSR count). The van der Waals surface area contributed by atoms with E-state index in [0.717, 1.165) is 62.7 Å². The summed E-state index contributed by atoms with van der Waals surface area (Å²) in [5, 5.41) is 16.9. The molecule has 3 aromatic heterocycles. The molecule has 0 spiro atoms. The normalized spacial score (nSPS) is 21.3. The van der Waals surface area contributed by atoms with Gasteiger partial charge in [-0.05, 0) is 28.8 Å². The summed E-state index contributed by atoms with van der Waals surface area (Å²) in [6.07, 6.45) is 3.54. The van der Waals surface area contributed by atoms with Crippen molar-refractivity contribution in [2.24, 2.45) is 0 Å². The minimum Gasteiger partial charge on any atom is -0.376 e. The quantitative estimate of drug-likeness (QED) is 0.507. The van der Waals surface area contributed by atoms with Crippen LogP contribution in [0.2, 0.25) is 0 Å². The summed E-state index contributed by atoms with van der Waals surface area (Å²) in [7, 11) is 0. The fourth-order valence-electron chi connectivity index (χ4n) is 4.63. The summed E-state index contributed by atoms with van der Waals surface area (Å²) < 4.78 is 7.57. The van der Waals surface area contributed by atoms with Gasteiger partial charge in [0.2, 0.25) is 0 Å². The number of quaternary nitrogens is 1. The van der Waals surface area contributed by atoms with Gasteiger partial charge in [-0.25, -0.2) is 0 Å². The molecule has 30 heavy (non-hydrogen) atoms. The van der Waals surface area contributed by atoms with Crippen LogP contribution in [0.15, 0.2) is 30.3 Å². The van der Waals surface area contributed by atoms with Gasteiger partial charge in [0.05, 0.1) is 22.9 Å². The Balaban J connectivity index is 1.35. The summed E-state index contributed by atoms with van der Waals surface area (Å²) in [6, 6.07) is 10.8. The largest absolute Gasteiger partial charge is 0.376 e. The molecule has 0 radical (unpaired) electrons. The molecule has 0 bridgehead atoms. The van der Waals surface area contributed by atoms with E-state index in [1.54, 1.807) is 9.42 Å². The Morgan fingerprint density at radius 2 is 2.20 bits per heavy atom. The van der Waals surface area contributed by atoms with Crippen LogP contribution in [-0.2, 0) is 24.2 Å². The van der Waals surface area contributed by atoms with Gasteiger partial charge in [0.15, 0.2) is 0 Å². The van der Waals surface area contributed by atoms with Gasteiger partial charge in [-0.3, -0.25) is 0 Å². The van der Waals surface area contributed by atoms with Crippen molar-refractivity contribution in [3.8, 4) is 0 Å². The molecule has 0 amide bonds. The van der Waals surface area contributed by atoms with Crippen LogP contribution in [0, 0.1) is 0 Å². The number of tetrazole rings is 1. The standard InChI is InChI=1S/C21H23N7OS/c1-2-5-14(6-3-1)12-27-9-8-16-17(13-27)30-20-18(16)19(22-11-15-7-4-10-29-15)23-21-24-25-26-28(20)21/h1-3,5-6,15H,4,7-13H2,(H,22,23,24,26)/p+1/t15-/m1/s1. The minimum atomic E-state index is 0.259. The number of benzene rings is 1. The van der Waals surface area contributed by atoms with Gasteiger partial charge in [0, 0.05) is 25.1 Å². The zero-order chi connectivity index (χ0) is 19.9. The molecule has 2 aliphatic rings. The number of fused-ring (bicyclic) bond motifs is 5. The van der Waals surface area contributed by atoms with Gasteiger partial charge < -0.3 is 15.0 Å². The van der Waals surface area contributed by atoms with Gasteiger partial charge in [0.1, 0.15) is 23.7 Å². The number of hydrogen-bond acceptors (Lipinski definition) is 7. The van der Waals surface area contributed by atoms with E-state index in [9.17, 15) is 0 Å². The fraction of sp³-hybridized carbons (Fsp3) is 0.429. The van der Waals surface area contributed by atoms with E-state index in [1.807, 2.05) is 11.3 Å². The zero-order valence-corrected chi connectivity index (χ0v) is 17.5. The van der Waals surface area contributed by atoms with Gasteiger partial charge in [-0.15, -0.1) is 11.3 Å². The first kappa shape index (κ1) is 18.2. The van der Waals surface area contributed by atoms with Crippen molar-refractivity contribution >= 4 is 33.1 Å². The molecule has 0 saturated carbocycles. The van der Waals surface area contributed by atoms with Crippen molar-refractivity contribution in [3.05, 3.63) is 46.3 Å².